The quantitative estimate of drug-likeness (QED) is 0.312. The summed E-state index contributed by atoms with van der Waals surface area (Å²) in [5.41, 5.74) is 0.711. The minimum Gasteiger partial charge on any atom is -0.490 e. The molecule has 0 aromatic heterocycles. The number of hydrogen-bond acceptors (Lipinski definition) is 6. The molecule has 28 heavy (non-hydrogen) atoms. The molecule has 0 spiro atoms. The van der Waals surface area contributed by atoms with Gasteiger partial charge in [-0.1, -0.05) is 35.5 Å². The maximum Gasteiger partial charge on any atom is 0.311 e. The summed E-state index contributed by atoms with van der Waals surface area (Å²) in [5.74, 6) is -2.53. The minimum atomic E-state index is -2.67. The van der Waals surface area contributed by atoms with Gasteiger partial charge in [-0.05, 0) is 23.8 Å². The van der Waals surface area contributed by atoms with Gasteiger partial charge in [0.25, 0.3) is 5.76 Å². The van der Waals surface area contributed by atoms with Gasteiger partial charge in [-0.15, -0.1) is 11.8 Å². The van der Waals surface area contributed by atoms with Crippen LogP contribution in [0.1, 0.15) is 5.56 Å². The first-order valence-electron chi connectivity index (χ1n) is 7.74. The fourth-order valence-electron chi connectivity index (χ4n) is 2.23. The number of nitrogens with one attached hydrogen (secondary N) is 1. The highest BCUT2D eigenvalue weighted by molar-refractivity contribution is 8.00. The standard InChI is InChI=1S/C17H15ClF2N2O4S2/c1-26-14-6-5-10(7-13(14)22(24)25)8-27-9-15(23)21-12-4-2-3-11(18)16(12)28-17(19)20/h2-7,17H,8-9H2,1H3,(H,21,23). The number of carbonyl (C=O) groups is 1. The molecule has 0 radical (unpaired) electrons. The fourth-order valence-corrected chi connectivity index (χ4v) is 3.92. The van der Waals surface area contributed by atoms with E-state index in [0.717, 1.165) is 0 Å². The van der Waals surface area contributed by atoms with Crippen LogP contribution in [0.3, 0.4) is 0 Å². The van der Waals surface area contributed by atoms with Gasteiger partial charge in [-0.3, -0.25) is 14.9 Å². The first-order valence-corrected chi connectivity index (χ1v) is 10.1. The minimum absolute atomic E-state index is 0.0329. The molecule has 0 saturated heterocycles. The van der Waals surface area contributed by atoms with Crippen molar-refractivity contribution < 1.29 is 23.2 Å². The lowest BCUT2D eigenvalue weighted by Crippen LogP contribution is -2.15. The van der Waals surface area contributed by atoms with Crippen LogP contribution in [0.5, 0.6) is 5.75 Å². The van der Waals surface area contributed by atoms with Gasteiger partial charge in [-0.25, -0.2) is 0 Å². The molecule has 1 N–H and O–H groups in total. The van der Waals surface area contributed by atoms with Crippen LogP contribution in [0.2, 0.25) is 5.02 Å². The number of halogens is 3. The number of methoxy groups -OCH3 is 1. The monoisotopic (exact) mass is 448 g/mol. The third kappa shape index (κ3) is 6.25. The lowest BCUT2D eigenvalue weighted by atomic mass is 10.2. The average molecular weight is 449 g/mol. The van der Waals surface area contributed by atoms with E-state index in [4.69, 9.17) is 16.3 Å². The predicted molar refractivity (Wildman–Crippen MR) is 108 cm³/mol. The summed E-state index contributed by atoms with van der Waals surface area (Å²) in [6.07, 6.45) is 0. The van der Waals surface area contributed by atoms with Crippen LogP contribution in [0.25, 0.3) is 0 Å². The number of rotatable bonds is 9. The number of benzene rings is 2. The Hall–Kier alpha value is -2.04. The van der Waals surface area contributed by atoms with E-state index in [0.29, 0.717) is 11.3 Å². The molecule has 0 atom stereocenters. The average Bonchev–Trinajstić information content (AvgIpc) is 2.64. The summed E-state index contributed by atoms with van der Waals surface area (Å²) in [6.45, 7) is 0. The fraction of sp³-hybridized carbons (Fsp3) is 0.235. The molecule has 150 valence electrons. The Labute approximate surface area is 173 Å². The lowest BCUT2D eigenvalue weighted by Gasteiger charge is -2.12. The summed E-state index contributed by atoms with van der Waals surface area (Å²) in [6, 6.07) is 9.06. The Morgan fingerprint density at radius 3 is 2.75 bits per heavy atom. The van der Waals surface area contributed by atoms with Gasteiger partial charge in [0.15, 0.2) is 5.75 Å². The number of amides is 1. The summed E-state index contributed by atoms with van der Waals surface area (Å²) >= 11 is 7.42. The molecule has 0 aliphatic heterocycles. The second-order valence-electron chi connectivity index (χ2n) is 5.30. The van der Waals surface area contributed by atoms with Crippen molar-refractivity contribution in [3.05, 3.63) is 57.1 Å². The molecular formula is C17H15ClF2N2O4S2. The second-order valence-corrected chi connectivity index (χ2v) is 7.69. The number of thioether (sulfide) groups is 2. The van der Waals surface area contributed by atoms with Crippen molar-refractivity contribution in [2.75, 3.05) is 18.2 Å². The van der Waals surface area contributed by atoms with Gasteiger partial charge < -0.3 is 10.1 Å². The number of ether oxygens (including phenoxy) is 1. The van der Waals surface area contributed by atoms with Crippen LogP contribution in [0.4, 0.5) is 20.2 Å². The number of anilines is 1. The third-order valence-corrected chi connectivity index (χ3v) is 5.67. The van der Waals surface area contributed by atoms with E-state index in [1.807, 2.05) is 0 Å². The first kappa shape index (κ1) is 22.3. The van der Waals surface area contributed by atoms with E-state index >= 15 is 0 Å². The van der Waals surface area contributed by atoms with Crippen molar-refractivity contribution in [2.45, 2.75) is 16.4 Å². The van der Waals surface area contributed by atoms with Crippen molar-refractivity contribution in [3.8, 4) is 5.75 Å². The molecule has 0 aliphatic rings. The zero-order valence-electron chi connectivity index (χ0n) is 14.5. The number of nitro groups is 1. The predicted octanol–water partition coefficient (Wildman–Crippen LogP) is 5.44. The first-order chi connectivity index (χ1) is 13.3. The van der Waals surface area contributed by atoms with E-state index in [-0.39, 0.29) is 44.6 Å². The summed E-state index contributed by atoms with van der Waals surface area (Å²) < 4.78 is 30.3. The van der Waals surface area contributed by atoms with Gasteiger partial charge in [0.05, 0.1) is 33.4 Å². The van der Waals surface area contributed by atoms with E-state index in [2.05, 4.69) is 5.32 Å². The maximum absolute atomic E-state index is 12.7. The topological polar surface area (TPSA) is 81.5 Å². The SMILES string of the molecule is COc1ccc(CSCC(=O)Nc2cccc(Cl)c2SC(F)F)cc1[N+](=O)[O-]. The third-order valence-electron chi connectivity index (χ3n) is 3.39. The van der Waals surface area contributed by atoms with Crippen LogP contribution in [-0.4, -0.2) is 29.5 Å². The Morgan fingerprint density at radius 2 is 2.11 bits per heavy atom. The second kappa shape index (κ2) is 10.5. The van der Waals surface area contributed by atoms with Crippen LogP contribution in [0, 0.1) is 10.1 Å². The number of hydrogen-bond donors (Lipinski definition) is 1. The maximum atomic E-state index is 12.7. The van der Waals surface area contributed by atoms with E-state index < -0.39 is 16.6 Å². The van der Waals surface area contributed by atoms with Crippen LogP contribution in [0.15, 0.2) is 41.3 Å². The molecule has 0 aliphatic carbocycles. The Bertz CT molecular complexity index is 871. The molecule has 6 nitrogen and oxygen atoms in total. The van der Waals surface area contributed by atoms with Gasteiger partial charge in [-0.2, -0.15) is 8.78 Å². The Balaban J connectivity index is 1.96. The van der Waals surface area contributed by atoms with Gasteiger partial charge in [0.2, 0.25) is 5.91 Å². The highest BCUT2D eigenvalue weighted by atomic mass is 35.5. The highest BCUT2D eigenvalue weighted by Gasteiger charge is 2.17. The molecule has 11 heteroatoms. The zero-order chi connectivity index (χ0) is 20.7. The molecule has 0 bridgehead atoms. The molecule has 2 rings (SSSR count). The molecule has 2 aromatic rings. The van der Waals surface area contributed by atoms with E-state index in [9.17, 15) is 23.7 Å². The Kier molecular flexibility index (Phi) is 8.34. The number of nitrogens with zero attached hydrogens (tertiary/aromatic N) is 1. The van der Waals surface area contributed by atoms with Gasteiger partial charge >= 0.3 is 5.69 Å². The van der Waals surface area contributed by atoms with Crippen molar-refractivity contribution in [1.29, 1.82) is 0 Å². The van der Waals surface area contributed by atoms with Gasteiger partial charge in [0.1, 0.15) is 0 Å². The van der Waals surface area contributed by atoms with E-state index in [1.54, 1.807) is 12.1 Å². The highest BCUT2D eigenvalue weighted by Crippen LogP contribution is 2.37. The molecule has 1 amide bonds. The van der Waals surface area contributed by atoms with Crippen LogP contribution < -0.4 is 10.1 Å². The van der Waals surface area contributed by atoms with Crippen molar-refractivity contribution >= 4 is 52.4 Å². The lowest BCUT2D eigenvalue weighted by molar-refractivity contribution is -0.385. The van der Waals surface area contributed by atoms with Crippen molar-refractivity contribution in [1.82, 2.24) is 0 Å². The van der Waals surface area contributed by atoms with Gasteiger partial charge in [0, 0.05) is 11.8 Å². The van der Waals surface area contributed by atoms with Crippen molar-refractivity contribution in [3.63, 3.8) is 0 Å². The van der Waals surface area contributed by atoms with Crippen LogP contribution in [-0.2, 0) is 10.5 Å². The summed E-state index contributed by atoms with van der Waals surface area (Å²) in [5, 5.41) is 13.7. The number of carbonyl (C=O) groups excluding carboxylic acids is 1. The normalized spacial score (nSPS) is 10.8. The number of alkyl halides is 2. The molecule has 0 fully saturated rings. The molecule has 0 heterocycles. The van der Waals surface area contributed by atoms with Crippen LogP contribution >= 0.6 is 35.1 Å². The summed E-state index contributed by atoms with van der Waals surface area (Å²) in [7, 11) is 1.34. The molecule has 0 saturated carbocycles. The molecule has 2 aromatic carbocycles. The smallest absolute Gasteiger partial charge is 0.311 e. The Morgan fingerprint density at radius 1 is 1.36 bits per heavy atom. The number of nitro benzene ring substituents is 1. The molecular weight excluding hydrogens is 434 g/mol. The molecule has 0 unspecified atom stereocenters. The summed E-state index contributed by atoms with van der Waals surface area (Å²) in [4.78, 5) is 22.7. The zero-order valence-corrected chi connectivity index (χ0v) is 16.9. The van der Waals surface area contributed by atoms with E-state index in [1.165, 1.54) is 43.1 Å². The largest absolute Gasteiger partial charge is 0.490 e. The van der Waals surface area contributed by atoms with Crippen molar-refractivity contribution in [2.24, 2.45) is 0 Å².